The maximum absolute atomic E-state index is 14.6. The lowest BCUT2D eigenvalue weighted by Crippen LogP contribution is -2.38. The highest BCUT2D eigenvalue weighted by atomic mass is 32.2. The van der Waals surface area contributed by atoms with E-state index in [1.165, 1.54) is 64.7 Å². The van der Waals surface area contributed by atoms with Crippen LogP contribution in [0.5, 0.6) is 0 Å². The van der Waals surface area contributed by atoms with Crippen LogP contribution < -0.4 is 0 Å². The van der Waals surface area contributed by atoms with Crippen molar-refractivity contribution in [2.45, 2.75) is 113 Å². The summed E-state index contributed by atoms with van der Waals surface area (Å²) >= 11 is 0. The molecule has 2 aromatic carbocycles. The van der Waals surface area contributed by atoms with Gasteiger partial charge in [0.05, 0.1) is 80.2 Å². The molecule has 8 aromatic rings. The third kappa shape index (κ3) is 8.24. The van der Waals surface area contributed by atoms with E-state index in [4.69, 9.17) is 14.2 Å². The van der Waals surface area contributed by atoms with E-state index in [0.717, 1.165) is 91.5 Å². The van der Waals surface area contributed by atoms with Crippen LogP contribution in [0.1, 0.15) is 136 Å². The smallest absolute Gasteiger partial charge is 0.264 e. The fraction of sp³-hybridized carbons (Fsp3) is 0.429. The van der Waals surface area contributed by atoms with Gasteiger partial charge in [-0.25, -0.2) is 55.9 Å². The third-order valence-corrected chi connectivity index (χ3v) is 20.1. The zero-order valence-electron chi connectivity index (χ0n) is 44.9. The average Bonchev–Trinajstić information content (AvgIpc) is 2.11. The van der Waals surface area contributed by atoms with E-state index in [0.29, 0.717) is 23.5 Å². The van der Waals surface area contributed by atoms with Gasteiger partial charge in [0.15, 0.2) is 11.6 Å². The van der Waals surface area contributed by atoms with Crippen LogP contribution in [0.3, 0.4) is 0 Å². The molecule has 0 amide bonds. The van der Waals surface area contributed by atoms with Gasteiger partial charge >= 0.3 is 0 Å². The summed E-state index contributed by atoms with van der Waals surface area (Å²) in [4.78, 5) is 27.6. The van der Waals surface area contributed by atoms with Crippen LogP contribution in [-0.2, 0) is 45.8 Å². The van der Waals surface area contributed by atoms with Crippen LogP contribution in [0.25, 0.3) is 34.4 Å². The minimum Gasteiger partial charge on any atom is -0.269 e. The molecule has 19 nitrogen and oxygen atoms in total. The average molecular weight is 1140 g/mol. The molecule has 4 fully saturated rings. The third-order valence-electron chi connectivity index (χ3n) is 18.5. The summed E-state index contributed by atoms with van der Waals surface area (Å²) in [6, 6.07) is 14.8. The maximum atomic E-state index is 14.6. The summed E-state index contributed by atoms with van der Waals surface area (Å²) in [6.45, 7) is 8.68. The molecule has 4 saturated carbocycles. The SMILES string of the molecule is CC1(C)[C@H]2CC[C@]1(c1ccnc(-n3cnc(C4(COS(C)(=O)=O)CC4)n3)n1)c1nnc(-c3c(F)cccc3F)cc12.CC1(C)[C@H]2CC[C@]1(c1ccnc(-n3cnc(C4(CS(C)(=O)=O)CC4)n3)n1)c1nnc(-c3c(F)cccc3F)cc12. The van der Waals surface area contributed by atoms with Crippen LogP contribution in [0.4, 0.5) is 17.6 Å². The first kappa shape index (κ1) is 53.0. The second-order valence-electron chi connectivity index (χ2n) is 23.8. The van der Waals surface area contributed by atoms with Gasteiger partial charge in [-0.3, -0.25) is 4.18 Å². The second kappa shape index (κ2) is 18.1. The first-order chi connectivity index (χ1) is 38.4. The van der Waals surface area contributed by atoms with Gasteiger partial charge in [0, 0.05) is 24.1 Å². The number of hydrogen-bond acceptors (Lipinski definition) is 17. The minimum atomic E-state index is -3.59. The summed E-state index contributed by atoms with van der Waals surface area (Å²) in [5.41, 5.74) is 2.02. The zero-order valence-corrected chi connectivity index (χ0v) is 46.6. The number of nitrogens with zero attached hydrogens (tertiary/aromatic N) is 14. The molecule has 14 rings (SSSR count). The highest BCUT2D eigenvalue weighted by Crippen LogP contribution is 2.71. The molecule has 0 radical (unpaired) electrons. The lowest BCUT2D eigenvalue weighted by Gasteiger charge is -2.37. The van der Waals surface area contributed by atoms with E-state index >= 15 is 0 Å². The molecule has 6 heterocycles. The summed E-state index contributed by atoms with van der Waals surface area (Å²) < 4.78 is 113. The first-order valence-corrected chi connectivity index (χ1v) is 30.5. The molecule has 81 heavy (non-hydrogen) atoms. The Labute approximate surface area is 463 Å². The van der Waals surface area contributed by atoms with Gasteiger partial charge in [0.1, 0.15) is 45.8 Å². The number of aromatic nitrogens is 14. The number of fused-ring (bicyclic) bond motifs is 10. The van der Waals surface area contributed by atoms with Crippen molar-refractivity contribution in [2.75, 3.05) is 24.9 Å². The monoisotopic (exact) mass is 1140 g/mol. The number of sulfone groups is 1. The minimum absolute atomic E-state index is 0.0103. The van der Waals surface area contributed by atoms with E-state index < -0.39 is 64.9 Å². The van der Waals surface area contributed by atoms with Crippen LogP contribution >= 0.6 is 0 Å². The van der Waals surface area contributed by atoms with Crippen molar-refractivity contribution in [3.05, 3.63) is 155 Å². The molecule has 0 aliphatic heterocycles. The Bertz CT molecular complexity index is 4110. The summed E-state index contributed by atoms with van der Waals surface area (Å²) in [5, 5.41) is 26.9. The zero-order chi connectivity index (χ0) is 56.9. The predicted molar refractivity (Wildman–Crippen MR) is 284 cm³/mol. The van der Waals surface area contributed by atoms with Crippen molar-refractivity contribution in [1.29, 1.82) is 0 Å². The molecular formula is C56H54F4N14O5S2. The molecule has 418 valence electrons. The fourth-order valence-corrected chi connectivity index (χ4v) is 15.9. The number of benzene rings is 2. The van der Waals surface area contributed by atoms with Gasteiger partial charge in [0.25, 0.3) is 22.0 Å². The standard InChI is InChI=1S/C28H27F2N7O3S.C28H27F2N7O2S/c1-26(2)17-7-9-28(26,23-16(17)13-20(34-35-23)22-18(29)5-4-6-19(22)30)21-8-12-31-25(33-21)37-15-32-24(36-37)27(10-11-27)14-40-41(3,38)39;1-26(2)17-7-9-28(26,23-16(17)13-20(34-35-23)22-18(29)5-4-6-19(22)30)21-8-12-31-25(33-21)37-15-32-24(36-37)27(10-11-27)14-40(3,38)39/h4-6,8,12-13,15,17H,7,9-11,14H2,1-3H3;4-6,8,12-13,15,17H,7,9-11,14H2,1-3H3/t2*17-,28-/m00/s1. The number of hydrogen-bond donors (Lipinski definition) is 0. The molecular weight excluding hydrogens is 1090 g/mol. The predicted octanol–water partition coefficient (Wildman–Crippen LogP) is 8.08. The van der Waals surface area contributed by atoms with Crippen LogP contribution in [-0.4, -0.2) is 112 Å². The van der Waals surface area contributed by atoms with Gasteiger partial charge in [-0.1, -0.05) is 39.8 Å². The van der Waals surface area contributed by atoms with Crippen molar-refractivity contribution < 1.29 is 38.6 Å². The first-order valence-electron chi connectivity index (χ1n) is 26.6. The van der Waals surface area contributed by atoms with E-state index in [1.54, 1.807) is 24.5 Å². The molecule has 0 N–H and O–H groups in total. The van der Waals surface area contributed by atoms with E-state index in [1.807, 2.05) is 12.1 Å². The molecule has 6 aliphatic rings. The highest BCUT2D eigenvalue weighted by Gasteiger charge is 2.66. The van der Waals surface area contributed by atoms with E-state index in [-0.39, 0.29) is 57.5 Å². The topological polar surface area (TPSA) is 242 Å². The summed E-state index contributed by atoms with van der Waals surface area (Å²) in [6.07, 6.45) is 14.8. The van der Waals surface area contributed by atoms with Crippen molar-refractivity contribution in [3.63, 3.8) is 0 Å². The normalized spacial score (nSPS) is 23.6. The Hall–Kier alpha value is -7.38. The Balaban J connectivity index is 0.000000153. The Morgan fingerprint density at radius 2 is 0.988 bits per heavy atom. The van der Waals surface area contributed by atoms with Crippen molar-refractivity contribution in [2.24, 2.45) is 10.8 Å². The van der Waals surface area contributed by atoms with E-state index in [9.17, 15) is 34.4 Å². The van der Waals surface area contributed by atoms with Gasteiger partial charge in [-0.15, -0.1) is 20.4 Å². The lowest BCUT2D eigenvalue weighted by atomic mass is 9.66. The van der Waals surface area contributed by atoms with Crippen LogP contribution in [0, 0.1) is 34.1 Å². The molecule has 4 bridgehead atoms. The maximum Gasteiger partial charge on any atom is 0.264 e. The molecule has 0 saturated heterocycles. The molecule has 6 aliphatic carbocycles. The molecule has 25 heteroatoms. The Morgan fingerprint density at radius 1 is 0.568 bits per heavy atom. The Morgan fingerprint density at radius 3 is 1.38 bits per heavy atom. The summed E-state index contributed by atoms with van der Waals surface area (Å²) in [5.74, 6) is -0.885. The largest absolute Gasteiger partial charge is 0.269 e. The van der Waals surface area contributed by atoms with Gasteiger partial charge in [-0.2, -0.15) is 28.0 Å². The van der Waals surface area contributed by atoms with Gasteiger partial charge in [-0.05, 0) is 134 Å². The number of rotatable bonds is 13. The van der Waals surface area contributed by atoms with Gasteiger partial charge < -0.3 is 0 Å². The van der Waals surface area contributed by atoms with Crippen molar-refractivity contribution >= 4 is 20.0 Å². The van der Waals surface area contributed by atoms with Gasteiger partial charge in [0.2, 0.25) is 0 Å². The van der Waals surface area contributed by atoms with Crippen LogP contribution in [0.2, 0.25) is 0 Å². The van der Waals surface area contributed by atoms with Crippen LogP contribution in [0.15, 0.2) is 85.7 Å². The molecule has 6 aromatic heterocycles. The fourth-order valence-electron chi connectivity index (χ4n) is 14.0. The van der Waals surface area contributed by atoms with Crippen molar-refractivity contribution in [3.8, 4) is 34.4 Å². The number of halogens is 4. The summed E-state index contributed by atoms with van der Waals surface area (Å²) in [7, 11) is -6.77. The molecule has 4 atom stereocenters. The van der Waals surface area contributed by atoms with E-state index in [2.05, 4.69) is 78.2 Å². The second-order valence-corrected chi connectivity index (χ2v) is 27.6. The quantitative estimate of drug-likeness (QED) is 0.0782. The lowest BCUT2D eigenvalue weighted by molar-refractivity contribution is 0.242. The highest BCUT2D eigenvalue weighted by molar-refractivity contribution is 7.90. The molecule has 0 unspecified atom stereocenters. The Kier molecular flexibility index (Phi) is 11.8. The molecule has 0 spiro atoms. The van der Waals surface area contributed by atoms with Crippen molar-refractivity contribution in [1.82, 2.24) is 69.9 Å².